The lowest BCUT2D eigenvalue weighted by molar-refractivity contribution is 0.122. The molecule has 8 nitrogen and oxygen atoms in total. The van der Waals surface area contributed by atoms with E-state index in [4.69, 9.17) is 20.9 Å². The van der Waals surface area contributed by atoms with Gasteiger partial charge >= 0.3 is 0 Å². The highest BCUT2D eigenvalue weighted by molar-refractivity contribution is 7.98. The number of benzene rings is 1. The molecule has 0 saturated carbocycles. The van der Waals surface area contributed by atoms with Gasteiger partial charge in [-0.05, 0) is 24.3 Å². The van der Waals surface area contributed by atoms with E-state index in [-0.39, 0.29) is 0 Å². The zero-order chi connectivity index (χ0) is 17.1. The van der Waals surface area contributed by atoms with E-state index in [1.54, 1.807) is 12.1 Å². The Morgan fingerprint density at radius 2 is 1.96 bits per heavy atom. The van der Waals surface area contributed by atoms with Crippen molar-refractivity contribution in [3.8, 4) is 11.4 Å². The van der Waals surface area contributed by atoms with Gasteiger partial charge in [-0.25, -0.2) is 5.10 Å². The van der Waals surface area contributed by atoms with Gasteiger partial charge in [0.25, 0.3) is 0 Å². The molecule has 2 aromatic heterocycles. The third-order valence-electron chi connectivity index (χ3n) is 3.66. The van der Waals surface area contributed by atoms with Crippen LogP contribution in [0.2, 0.25) is 5.02 Å². The topological polar surface area (TPSA) is 93.0 Å². The molecule has 4 rings (SSSR count). The molecule has 1 fully saturated rings. The molecule has 0 aliphatic carbocycles. The van der Waals surface area contributed by atoms with Gasteiger partial charge in [-0.1, -0.05) is 28.5 Å². The first-order valence-electron chi connectivity index (χ1n) is 7.74. The third-order valence-corrected chi connectivity index (χ3v) is 4.74. The number of hydrogen-bond donors (Lipinski definition) is 1. The fraction of sp³-hybridized carbons (Fsp3) is 0.333. The van der Waals surface area contributed by atoms with Crippen molar-refractivity contribution in [3.05, 3.63) is 35.2 Å². The standard InChI is InChI=1S/C15H15ClN6O2S/c16-11-3-1-10(2-4-11)13-17-12(24-21-13)9-25-15-18-14(19-20-15)22-5-7-23-8-6-22/h1-4H,5-9H2,(H,18,19,20). The maximum absolute atomic E-state index is 5.89. The number of aromatic amines is 1. The van der Waals surface area contributed by atoms with Crippen molar-refractivity contribution < 1.29 is 9.26 Å². The van der Waals surface area contributed by atoms with Crippen molar-refractivity contribution in [1.82, 2.24) is 25.3 Å². The van der Waals surface area contributed by atoms with Crippen LogP contribution in [0.25, 0.3) is 11.4 Å². The van der Waals surface area contributed by atoms with Crippen LogP contribution in [0.15, 0.2) is 33.9 Å². The SMILES string of the molecule is Clc1ccc(-c2noc(CSc3n[nH]c(N4CCOCC4)n3)n2)cc1. The average molecular weight is 379 g/mol. The summed E-state index contributed by atoms with van der Waals surface area (Å²) in [4.78, 5) is 11.0. The van der Waals surface area contributed by atoms with Gasteiger partial charge in [-0.2, -0.15) is 9.97 Å². The molecular formula is C15H15ClN6O2S. The number of thioether (sulfide) groups is 1. The Labute approximate surface area is 152 Å². The van der Waals surface area contributed by atoms with Crippen molar-refractivity contribution in [2.75, 3.05) is 31.2 Å². The lowest BCUT2D eigenvalue weighted by Crippen LogP contribution is -2.36. The molecule has 10 heteroatoms. The highest BCUT2D eigenvalue weighted by Crippen LogP contribution is 2.23. The first-order valence-corrected chi connectivity index (χ1v) is 9.11. The molecular weight excluding hydrogens is 364 g/mol. The van der Waals surface area contributed by atoms with E-state index in [1.165, 1.54) is 11.8 Å². The highest BCUT2D eigenvalue weighted by Gasteiger charge is 2.16. The largest absolute Gasteiger partial charge is 0.378 e. The van der Waals surface area contributed by atoms with Gasteiger partial charge in [0.2, 0.25) is 22.8 Å². The summed E-state index contributed by atoms with van der Waals surface area (Å²) in [5.74, 6) is 2.32. The normalized spacial score (nSPS) is 14.8. The number of rotatable bonds is 5. The van der Waals surface area contributed by atoms with E-state index in [0.717, 1.165) is 24.6 Å². The second-order valence-electron chi connectivity index (χ2n) is 5.35. The quantitative estimate of drug-likeness (QED) is 0.677. The molecule has 1 N–H and O–H groups in total. The number of nitrogens with one attached hydrogen (secondary N) is 1. The van der Waals surface area contributed by atoms with Crippen LogP contribution in [-0.4, -0.2) is 51.6 Å². The second-order valence-corrected chi connectivity index (χ2v) is 6.73. The van der Waals surface area contributed by atoms with E-state index in [0.29, 0.717) is 40.9 Å². The van der Waals surface area contributed by atoms with Crippen molar-refractivity contribution in [2.24, 2.45) is 0 Å². The minimum atomic E-state index is 0.501. The Hall–Kier alpha value is -2.10. The summed E-state index contributed by atoms with van der Waals surface area (Å²) in [6.45, 7) is 3.04. The number of anilines is 1. The zero-order valence-electron chi connectivity index (χ0n) is 13.2. The molecule has 0 spiro atoms. The molecule has 1 aliphatic rings. The smallest absolute Gasteiger partial charge is 0.237 e. The number of morpholine rings is 1. The first kappa shape index (κ1) is 16.4. The van der Waals surface area contributed by atoms with E-state index < -0.39 is 0 Å². The van der Waals surface area contributed by atoms with Gasteiger partial charge < -0.3 is 14.2 Å². The Morgan fingerprint density at radius 1 is 1.16 bits per heavy atom. The number of aromatic nitrogens is 5. The van der Waals surface area contributed by atoms with Gasteiger partial charge in [0.05, 0.1) is 19.0 Å². The summed E-state index contributed by atoms with van der Waals surface area (Å²) >= 11 is 7.33. The monoisotopic (exact) mass is 378 g/mol. The summed E-state index contributed by atoms with van der Waals surface area (Å²) in [6.07, 6.45) is 0. The van der Waals surface area contributed by atoms with Crippen LogP contribution in [0, 0.1) is 0 Å². The van der Waals surface area contributed by atoms with Crippen molar-refractivity contribution >= 4 is 29.3 Å². The molecule has 1 saturated heterocycles. The Bertz CT molecular complexity index is 831. The van der Waals surface area contributed by atoms with Gasteiger partial charge in [-0.15, -0.1) is 5.10 Å². The molecule has 3 heterocycles. The van der Waals surface area contributed by atoms with Crippen LogP contribution in [0.3, 0.4) is 0 Å². The van der Waals surface area contributed by atoms with Crippen LogP contribution in [0.1, 0.15) is 5.89 Å². The van der Waals surface area contributed by atoms with Crippen LogP contribution in [-0.2, 0) is 10.5 Å². The summed E-state index contributed by atoms with van der Waals surface area (Å²) in [5.41, 5.74) is 0.858. The lowest BCUT2D eigenvalue weighted by Gasteiger charge is -2.25. The number of ether oxygens (including phenoxy) is 1. The molecule has 25 heavy (non-hydrogen) atoms. The van der Waals surface area contributed by atoms with Gasteiger partial charge in [0.1, 0.15) is 0 Å². The molecule has 0 atom stereocenters. The minimum absolute atomic E-state index is 0.501. The first-order chi connectivity index (χ1) is 12.3. The molecule has 130 valence electrons. The predicted molar refractivity (Wildman–Crippen MR) is 93.7 cm³/mol. The molecule has 0 radical (unpaired) electrons. The molecule has 1 aromatic carbocycles. The zero-order valence-corrected chi connectivity index (χ0v) is 14.8. The summed E-state index contributed by atoms with van der Waals surface area (Å²) in [7, 11) is 0. The lowest BCUT2D eigenvalue weighted by atomic mass is 10.2. The van der Waals surface area contributed by atoms with Crippen molar-refractivity contribution in [3.63, 3.8) is 0 Å². The molecule has 1 aliphatic heterocycles. The number of halogens is 1. The van der Waals surface area contributed by atoms with E-state index in [9.17, 15) is 0 Å². The van der Waals surface area contributed by atoms with Gasteiger partial charge in [-0.3, -0.25) is 0 Å². The maximum Gasteiger partial charge on any atom is 0.237 e. The summed E-state index contributed by atoms with van der Waals surface area (Å²) in [5, 5.41) is 12.5. The molecule has 0 unspecified atom stereocenters. The van der Waals surface area contributed by atoms with Crippen LogP contribution in [0.4, 0.5) is 5.95 Å². The van der Waals surface area contributed by atoms with E-state index in [1.807, 2.05) is 12.1 Å². The number of hydrogen-bond acceptors (Lipinski definition) is 8. The average Bonchev–Trinajstić information content (AvgIpc) is 3.31. The van der Waals surface area contributed by atoms with Crippen LogP contribution >= 0.6 is 23.4 Å². The van der Waals surface area contributed by atoms with Crippen LogP contribution in [0.5, 0.6) is 0 Å². The molecule has 0 amide bonds. The summed E-state index contributed by atoms with van der Waals surface area (Å²) < 4.78 is 10.6. The highest BCUT2D eigenvalue weighted by atomic mass is 35.5. The fourth-order valence-corrected chi connectivity index (χ4v) is 3.13. The third kappa shape index (κ3) is 3.94. The van der Waals surface area contributed by atoms with E-state index in [2.05, 4.69) is 30.2 Å². The van der Waals surface area contributed by atoms with Crippen molar-refractivity contribution in [2.45, 2.75) is 10.9 Å². The maximum atomic E-state index is 5.89. The van der Waals surface area contributed by atoms with Crippen LogP contribution < -0.4 is 4.90 Å². The molecule has 3 aromatic rings. The fourth-order valence-electron chi connectivity index (χ4n) is 2.38. The van der Waals surface area contributed by atoms with Gasteiger partial charge in [0.15, 0.2) is 0 Å². The Kier molecular flexibility index (Phi) is 4.86. The number of nitrogens with zero attached hydrogens (tertiary/aromatic N) is 5. The molecule has 0 bridgehead atoms. The van der Waals surface area contributed by atoms with Gasteiger partial charge in [0, 0.05) is 23.7 Å². The number of H-pyrrole nitrogens is 1. The Morgan fingerprint density at radius 3 is 2.76 bits per heavy atom. The minimum Gasteiger partial charge on any atom is -0.378 e. The Balaban J connectivity index is 1.37. The van der Waals surface area contributed by atoms with E-state index >= 15 is 0 Å². The predicted octanol–water partition coefficient (Wildman–Crippen LogP) is 2.64. The van der Waals surface area contributed by atoms with Crippen molar-refractivity contribution in [1.29, 1.82) is 0 Å². The second kappa shape index (κ2) is 7.42. The summed E-state index contributed by atoms with van der Waals surface area (Å²) in [6, 6.07) is 7.30.